The number of hydrogen-bond donors (Lipinski definition) is 1. The summed E-state index contributed by atoms with van der Waals surface area (Å²) in [6.07, 6.45) is 3.96. The first kappa shape index (κ1) is 8.94. The van der Waals surface area contributed by atoms with Crippen LogP contribution in [0.5, 0.6) is 0 Å². The quantitative estimate of drug-likeness (QED) is 0.676. The van der Waals surface area contributed by atoms with Crippen molar-refractivity contribution in [2.75, 3.05) is 0 Å². The topological polar surface area (TPSA) is 32.6 Å². The van der Waals surface area contributed by atoms with Crippen LogP contribution in [0.15, 0.2) is 24.5 Å². The van der Waals surface area contributed by atoms with Crippen LogP contribution in [0.25, 0.3) is 11.3 Å². The van der Waals surface area contributed by atoms with Crippen LogP contribution in [-0.4, -0.2) is 9.97 Å². The van der Waals surface area contributed by atoms with Crippen molar-refractivity contribution in [3.8, 4) is 11.3 Å². The van der Waals surface area contributed by atoms with Gasteiger partial charge in [0.05, 0.1) is 17.5 Å². The monoisotopic (exact) mass is 188 g/mol. The number of H-pyrrole nitrogens is 1. The van der Waals surface area contributed by atoms with Gasteiger partial charge in [-0.3, -0.25) is 0 Å². The van der Waals surface area contributed by atoms with E-state index in [1.54, 1.807) is 0 Å². The van der Waals surface area contributed by atoms with Gasteiger partial charge in [-0.25, -0.2) is 9.55 Å². The lowest BCUT2D eigenvalue weighted by atomic mass is 10.2. The van der Waals surface area contributed by atoms with Crippen molar-refractivity contribution in [1.29, 1.82) is 0 Å². The van der Waals surface area contributed by atoms with Gasteiger partial charge in [0.25, 0.3) is 0 Å². The van der Waals surface area contributed by atoms with Crippen molar-refractivity contribution in [3.63, 3.8) is 0 Å². The summed E-state index contributed by atoms with van der Waals surface area (Å²) in [5, 5.41) is 0. The van der Waals surface area contributed by atoms with Gasteiger partial charge in [-0.1, -0.05) is 0 Å². The van der Waals surface area contributed by atoms with E-state index in [9.17, 15) is 0 Å². The Morgan fingerprint density at radius 2 is 2.07 bits per heavy atom. The van der Waals surface area contributed by atoms with Crippen LogP contribution in [0, 0.1) is 13.8 Å². The Morgan fingerprint density at radius 1 is 1.29 bits per heavy atom. The number of aryl methyl sites for hydroxylation is 3. The first-order valence-corrected chi connectivity index (χ1v) is 4.65. The van der Waals surface area contributed by atoms with Crippen molar-refractivity contribution >= 4 is 0 Å². The molecule has 0 radical (unpaired) electrons. The minimum Gasteiger partial charge on any atom is -0.342 e. The second-order valence-electron chi connectivity index (χ2n) is 3.55. The van der Waals surface area contributed by atoms with E-state index >= 15 is 0 Å². The molecule has 2 rings (SSSR count). The van der Waals surface area contributed by atoms with Crippen LogP contribution in [0.1, 0.15) is 11.5 Å². The highest BCUT2D eigenvalue weighted by atomic mass is 14.9. The van der Waals surface area contributed by atoms with Gasteiger partial charge in [-0.15, -0.1) is 0 Å². The molecule has 3 nitrogen and oxygen atoms in total. The average molecular weight is 188 g/mol. The van der Waals surface area contributed by atoms with E-state index in [0.717, 1.165) is 11.5 Å². The molecule has 72 valence electrons. The van der Waals surface area contributed by atoms with Gasteiger partial charge in [0.15, 0.2) is 11.9 Å². The van der Waals surface area contributed by atoms with E-state index in [1.165, 1.54) is 11.3 Å². The molecule has 1 N–H and O–H groups in total. The Bertz CT molecular complexity index is 457. The Kier molecular flexibility index (Phi) is 2.08. The van der Waals surface area contributed by atoms with E-state index in [-0.39, 0.29) is 0 Å². The zero-order chi connectivity index (χ0) is 10.1. The van der Waals surface area contributed by atoms with E-state index in [4.69, 9.17) is 0 Å². The second kappa shape index (κ2) is 3.25. The minimum atomic E-state index is 0.947. The first-order valence-electron chi connectivity index (χ1n) is 4.65. The molecule has 3 heteroatoms. The average Bonchev–Trinajstić information content (AvgIpc) is 2.57. The van der Waals surface area contributed by atoms with E-state index < -0.39 is 0 Å². The molecule has 2 aromatic heterocycles. The summed E-state index contributed by atoms with van der Waals surface area (Å²) in [6.45, 7) is 4.04. The van der Waals surface area contributed by atoms with Gasteiger partial charge in [-0.05, 0) is 13.0 Å². The van der Waals surface area contributed by atoms with Crippen molar-refractivity contribution in [1.82, 2.24) is 9.97 Å². The smallest absolute Gasteiger partial charge is 0.178 e. The predicted molar refractivity (Wildman–Crippen MR) is 54.7 cm³/mol. The molecule has 2 aromatic rings. The minimum absolute atomic E-state index is 0.947. The summed E-state index contributed by atoms with van der Waals surface area (Å²) in [5.74, 6) is 0.947. The summed E-state index contributed by atoms with van der Waals surface area (Å²) in [5.41, 5.74) is 3.47. The molecular weight excluding hydrogens is 174 g/mol. The number of imidazole rings is 1. The zero-order valence-corrected chi connectivity index (χ0v) is 8.70. The Hall–Kier alpha value is -1.64. The maximum Gasteiger partial charge on any atom is 0.178 e. The summed E-state index contributed by atoms with van der Waals surface area (Å²) in [4.78, 5) is 7.39. The third-order valence-corrected chi connectivity index (χ3v) is 2.41. The van der Waals surface area contributed by atoms with Gasteiger partial charge in [0.1, 0.15) is 12.9 Å². The molecule has 0 spiro atoms. The van der Waals surface area contributed by atoms with Gasteiger partial charge in [0.2, 0.25) is 0 Å². The van der Waals surface area contributed by atoms with Crippen LogP contribution in [0.2, 0.25) is 0 Å². The van der Waals surface area contributed by atoms with Crippen LogP contribution < -0.4 is 4.57 Å². The van der Waals surface area contributed by atoms with E-state index in [1.807, 2.05) is 20.2 Å². The number of hydrogen-bond acceptors (Lipinski definition) is 1. The number of aromatic nitrogens is 3. The predicted octanol–water partition coefficient (Wildman–Crippen LogP) is 1.52. The molecule has 0 atom stereocenters. The molecule has 0 unspecified atom stereocenters. The molecule has 0 aliphatic rings. The molecule has 0 amide bonds. The molecule has 0 fully saturated rings. The fraction of sp³-hybridized carbons (Fsp3) is 0.273. The summed E-state index contributed by atoms with van der Waals surface area (Å²) >= 11 is 0. The third kappa shape index (κ3) is 1.53. The Balaban J connectivity index is 2.47. The number of nitrogens with zero attached hydrogens (tertiary/aromatic N) is 2. The number of aromatic amines is 1. The lowest BCUT2D eigenvalue weighted by Gasteiger charge is -1.97. The SMILES string of the molecule is Cc1ncc(-c2ccc(C)[n+](C)c2)[nH]1. The highest BCUT2D eigenvalue weighted by Gasteiger charge is 2.06. The molecule has 0 aliphatic carbocycles. The number of nitrogens with one attached hydrogen (secondary N) is 1. The highest BCUT2D eigenvalue weighted by molar-refractivity contribution is 5.56. The van der Waals surface area contributed by atoms with Gasteiger partial charge in [-0.2, -0.15) is 0 Å². The van der Waals surface area contributed by atoms with Crippen molar-refractivity contribution in [2.45, 2.75) is 13.8 Å². The van der Waals surface area contributed by atoms with Crippen molar-refractivity contribution in [2.24, 2.45) is 7.05 Å². The highest BCUT2D eigenvalue weighted by Crippen LogP contribution is 2.14. The van der Waals surface area contributed by atoms with E-state index in [0.29, 0.717) is 0 Å². The molecule has 2 heterocycles. The molecule has 14 heavy (non-hydrogen) atoms. The summed E-state index contributed by atoms with van der Waals surface area (Å²) in [6, 6.07) is 4.20. The van der Waals surface area contributed by atoms with Gasteiger partial charge >= 0.3 is 0 Å². The molecule has 0 bridgehead atoms. The third-order valence-electron chi connectivity index (χ3n) is 2.41. The first-order chi connectivity index (χ1) is 6.66. The van der Waals surface area contributed by atoms with E-state index in [2.05, 4.69) is 39.8 Å². The molecule has 0 aliphatic heterocycles. The fourth-order valence-corrected chi connectivity index (χ4v) is 1.41. The van der Waals surface area contributed by atoms with Crippen LogP contribution in [-0.2, 0) is 7.05 Å². The van der Waals surface area contributed by atoms with Gasteiger partial charge < -0.3 is 4.98 Å². The number of rotatable bonds is 1. The molecule has 0 saturated carbocycles. The molecular formula is C11H14N3+. The number of pyridine rings is 1. The lowest BCUT2D eigenvalue weighted by molar-refractivity contribution is -0.677. The van der Waals surface area contributed by atoms with Crippen molar-refractivity contribution < 1.29 is 4.57 Å². The molecule has 0 aromatic carbocycles. The normalized spacial score (nSPS) is 10.5. The van der Waals surface area contributed by atoms with Crippen molar-refractivity contribution in [3.05, 3.63) is 36.0 Å². The largest absolute Gasteiger partial charge is 0.342 e. The zero-order valence-electron chi connectivity index (χ0n) is 8.70. The second-order valence-corrected chi connectivity index (χ2v) is 3.55. The van der Waals surface area contributed by atoms with Crippen LogP contribution in [0.3, 0.4) is 0 Å². The van der Waals surface area contributed by atoms with Gasteiger partial charge in [0, 0.05) is 13.0 Å². The Labute approximate surface area is 83.4 Å². The van der Waals surface area contributed by atoms with Crippen LogP contribution in [0.4, 0.5) is 0 Å². The standard InChI is InChI=1S/C11H14N3/c1-8-4-5-10(7-14(8)3)11-6-12-9(2)13-11/h4-7H,1-3H3,(H,12,13)/q+1. The maximum atomic E-state index is 4.18. The molecule has 0 saturated heterocycles. The summed E-state index contributed by atoms with van der Waals surface area (Å²) in [7, 11) is 2.04. The summed E-state index contributed by atoms with van der Waals surface area (Å²) < 4.78 is 2.10. The fourth-order valence-electron chi connectivity index (χ4n) is 1.41. The Morgan fingerprint density at radius 3 is 2.64 bits per heavy atom. The maximum absolute atomic E-state index is 4.18. The van der Waals surface area contributed by atoms with Crippen LogP contribution >= 0.6 is 0 Å². The lowest BCUT2D eigenvalue weighted by Crippen LogP contribution is -2.31.